The summed E-state index contributed by atoms with van der Waals surface area (Å²) >= 11 is 6.60. The number of carbonyl (C=O) groups is 1. The predicted molar refractivity (Wildman–Crippen MR) is 77.3 cm³/mol. The number of fused-ring (bicyclic) bond motifs is 1. The van der Waals surface area contributed by atoms with E-state index >= 15 is 0 Å². The molecule has 21 heavy (non-hydrogen) atoms. The molecule has 0 amide bonds. The van der Waals surface area contributed by atoms with Crippen molar-refractivity contribution in [3.63, 3.8) is 0 Å². The van der Waals surface area contributed by atoms with Gasteiger partial charge in [0.1, 0.15) is 22.9 Å². The van der Waals surface area contributed by atoms with E-state index in [1.54, 1.807) is 6.92 Å². The summed E-state index contributed by atoms with van der Waals surface area (Å²) in [5.74, 6) is -2.10. The summed E-state index contributed by atoms with van der Waals surface area (Å²) < 4.78 is 15.2. The average Bonchev–Trinajstić information content (AvgIpc) is 2.93. The van der Waals surface area contributed by atoms with Crippen molar-refractivity contribution in [2.75, 3.05) is 0 Å². The molecule has 1 aromatic carbocycles. The van der Waals surface area contributed by atoms with E-state index in [1.807, 2.05) is 0 Å². The van der Waals surface area contributed by atoms with Crippen LogP contribution in [-0.4, -0.2) is 25.7 Å². The number of hydrogen-bond donors (Lipinski definition) is 2. The Bertz CT molecular complexity index is 887. The predicted octanol–water partition coefficient (Wildman–Crippen LogP) is 3.59. The summed E-state index contributed by atoms with van der Waals surface area (Å²) in [5.41, 5.74) is 1.32. The molecule has 0 aliphatic rings. The van der Waals surface area contributed by atoms with Crippen LogP contribution in [0.5, 0.6) is 5.75 Å². The number of rotatable bonds is 2. The largest absolute Gasteiger partial charge is 0.506 e. The van der Waals surface area contributed by atoms with Gasteiger partial charge in [0.15, 0.2) is 4.88 Å². The Hall–Kier alpha value is -2.12. The minimum absolute atomic E-state index is 0.0373. The van der Waals surface area contributed by atoms with Crippen LogP contribution in [0, 0.1) is 12.7 Å². The molecular weight excluding hydrogens is 319 g/mol. The fourth-order valence-corrected chi connectivity index (χ4v) is 3.22. The molecule has 3 rings (SSSR count). The molecule has 0 fully saturated rings. The number of thiophene rings is 1. The van der Waals surface area contributed by atoms with Gasteiger partial charge in [0.2, 0.25) is 0 Å². The van der Waals surface area contributed by atoms with Crippen molar-refractivity contribution in [1.29, 1.82) is 0 Å². The first kappa shape index (κ1) is 13.8. The van der Waals surface area contributed by atoms with E-state index < -0.39 is 11.8 Å². The SMILES string of the molecule is Cc1c(-n2cnc3cc(Cl)c(F)cc32)sc(C(=O)O)c1O. The van der Waals surface area contributed by atoms with Crippen molar-refractivity contribution in [2.45, 2.75) is 6.92 Å². The molecule has 5 nitrogen and oxygen atoms in total. The van der Waals surface area contributed by atoms with Gasteiger partial charge in [-0.25, -0.2) is 14.2 Å². The molecule has 0 unspecified atom stereocenters. The Labute approximate surface area is 126 Å². The third-order valence-electron chi connectivity index (χ3n) is 3.09. The number of aromatic hydroxyl groups is 1. The van der Waals surface area contributed by atoms with E-state index in [-0.39, 0.29) is 15.6 Å². The molecule has 3 aromatic rings. The quantitative estimate of drug-likeness (QED) is 0.754. The molecule has 0 radical (unpaired) electrons. The number of aromatic carboxylic acids is 1. The molecule has 2 heterocycles. The minimum Gasteiger partial charge on any atom is -0.506 e. The number of hydrogen-bond acceptors (Lipinski definition) is 4. The second-order valence-corrected chi connectivity index (χ2v) is 5.79. The first-order valence-electron chi connectivity index (χ1n) is 5.78. The van der Waals surface area contributed by atoms with Gasteiger partial charge in [0, 0.05) is 11.6 Å². The van der Waals surface area contributed by atoms with Crippen molar-refractivity contribution in [1.82, 2.24) is 9.55 Å². The molecule has 0 saturated heterocycles. The standard InChI is InChI=1S/C13H8ClFN2O3S/c1-5-10(18)11(13(19)20)21-12(5)17-4-16-8-2-6(14)7(15)3-9(8)17/h2-4,18H,1H3,(H,19,20). The number of imidazole rings is 1. The van der Waals surface area contributed by atoms with Crippen LogP contribution in [0.4, 0.5) is 4.39 Å². The summed E-state index contributed by atoms with van der Waals surface area (Å²) in [6.07, 6.45) is 1.43. The van der Waals surface area contributed by atoms with Crippen LogP contribution < -0.4 is 0 Å². The van der Waals surface area contributed by atoms with Crippen LogP contribution in [0.15, 0.2) is 18.5 Å². The van der Waals surface area contributed by atoms with E-state index in [1.165, 1.54) is 23.0 Å². The van der Waals surface area contributed by atoms with Crippen molar-refractivity contribution in [3.8, 4) is 10.8 Å². The van der Waals surface area contributed by atoms with Gasteiger partial charge in [0.25, 0.3) is 0 Å². The lowest BCUT2D eigenvalue weighted by Gasteiger charge is -2.03. The lowest BCUT2D eigenvalue weighted by molar-refractivity contribution is 0.0699. The first-order chi connectivity index (χ1) is 9.90. The number of aromatic nitrogens is 2. The maximum absolute atomic E-state index is 13.6. The van der Waals surface area contributed by atoms with Gasteiger partial charge in [-0.2, -0.15) is 0 Å². The number of carboxylic acids is 1. The van der Waals surface area contributed by atoms with E-state index in [2.05, 4.69) is 4.98 Å². The minimum atomic E-state index is -1.22. The summed E-state index contributed by atoms with van der Waals surface area (Å²) in [6, 6.07) is 2.62. The van der Waals surface area contributed by atoms with Gasteiger partial charge < -0.3 is 10.2 Å². The third-order valence-corrected chi connectivity index (χ3v) is 4.65. The summed E-state index contributed by atoms with van der Waals surface area (Å²) in [5, 5.41) is 19.3. The molecule has 0 aliphatic carbocycles. The van der Waals surface area contributed by atoms with Crippen LogP contribution in [0.1, 0.15) is 15.2 Å². The van der Waals surface area contributed by atoms with Gasteiger partial charge in [0.05, 0.1) is 16.1 Å². The van der Waals surface area contributed by atoms with E-state index in [9.17, 15) is 14.3 Å². The lowest BCUT2D eigenvalue weighted by Crippen LogP contribution is -1.91. The van der Waals surface area contributed by atoms with E-state index in [0.29, 0.717) is 21.6 Å². The lowest BCUT2D eigenvalue weighted by atomic mass is 10.2. The zero-order valence-corrected chi connectivity index (χ0v) is 12.2. The topological polar surface area (TPSA) is 75.4 Å². The molecule has 108 valence electrons. The molecule has 0 bridgehead atoms. The zero-order chi connectivity index (χ0) is 15.3. The summed E-state index contributed by atoms with van der Waals surface area (Å²) in [4.78, 5) is 15.0. The fourth-order valence-electron chi connectivity index (χ4n) is 2.03. The summed E-state index contributed by atoms with van der Waals surface area (Å²) in [7, 11) is 0. The number of benzene rings is 1. The van der Waals surface area contributed by atoms with Crippen LogP contribution >= 0.6 is 22.9 Å². The van der Waals surface area contributed by atoms with Crippen molar-refractivity contribution < 1.29 is 19.4 Å². The molecular formula is C13H8ClFN2O3S. The van der Waals surface area contributed by atoms with E-state index in [0.717, 1.165) is 11.3 Å². The van der Waals surface area contributed by atoms with Gasteiger partial charge >= 0.3 is 5.97 Å². The Morgan fingerprint density at radius 3 is 2.81 bits per heavy atom. The average molecular weight is 327 g/mol. The number of carboxylic acid groups (broad SMARTS) is 1. The molecule has 0 atom stereocenters. The molecule has 2 aromatic heterocycles. The highest BCUT2D eigenvalue weighted by Crippen LogP contribution is 2.38. The van der Waals surface area contributed by atoms with Crippen LogP contribution in [0.25, 0.3) is 16.0 Å². The first-order valence-corrected chi connectivity index (χ1v) is 6.97. The highest BCUT2D eigenvalue weighted by molar-refractivity contribution is 7.17. The Morgan fingerprint density at radius 2 is 2.19 bits per heavy atom. The van der Waals surface area contributed by atoms with E-state index in [4.69, 9.17) is 16.7 Å². The molecule has 2 N–H and O–H groups in total. The highest BCUT2D eigenvalue weighted by atomic mass is 35.5. The maximum atomic E-state index is 13.6. The summed E-state index contributed by atoms with van der Waals surface area (Å²) in [6.45, 7) is 1.59. The number of halogens is 2. The van der Waals surface area contributed by atoms with Gasteiger partial charge in [-0.3, -0.25) is 4.57 Å². The van der Waals surface area contributed by atoms with Crippen LogP contribution in [0.2, 0.25) is 5.02 Å². The van der Waals surface area contributed by atoms with Gasteiger partial charge in [-0.15, -0.1) is 11.3 Å². The van der Waals surface area contributed by atoms with Crippen LogP contribution in [-0.2, 0) is 0 Å². The normalized spacial score (nSPS) is 11.2. The fraction of sp³-hybridized carbons (Fsp3) is 0.0769. The van der Waals surface area contributed by atoms with Crippen molar-refractivity contribution in [3.05, 3.63) is 39.7 Å². The number of nitrogens with zero attached hydrogens (tertiary/aromatic N) is 2. The molecule has 8 heteroatoms. The van der Waals surface area contributed by atoms with Crippen molar-refractivity contribution >= 4 is 39.9 Å². The second-order valence-electron chi connectivity index (χ2n) is 4.38. The molecule has 0 saturated carbocycles. The third kappa shape index (κ3) is 2.05. The maximum Gasteiger partial charge on any atom is 0.349 e. The Morgan fingerprint density at radius 1 is 1.48 bits per heavy atom. The van der Waals surface area contributed by atoms with Gasteiger partial charge in [-0.1, -0.05) is 11.6 Å². The van der Waals surface area contributed by atoms with Gasteiger partial charge in [-0.05, 0) is 13.0 Å². The Kier molecular flexibility index (Phi) is 3.11. The van der Waals surface area contributed by atoms with Crippen molar-refractivity contribution in [2.24, 2.45) is 0 Å². The molecule has 0 spiro atoms. The smallest absolute Gasteiger partial charge is 0.349 e. The second kappa shape index (κ2) is 4.71. The zero-order valence-electron chi connectivity index (χ0n) is 10.6. The highest BCUT2D eigenvalue weighted by Gasteiger charge is 2.21. The monoisotopic (exact) mass is 326 g/mol. The molecule has 0 aliphatic heterocycles. The van der Waals surface area contributed by atoms with Crippen LogP contribution in [0.3, 0.4) is 0 Å². The Balaban J connectivity index is 2.28.